The number of amides is 1. The smallest absolute Gasteiger partial charge is 0.241 e. The first kappa shape index (κ1) is 26.3. The van der Waals surface area contributed by atoms with Crippen LogP contribution in [0.15, 0.2) is 96.2 Å². The molecule has 1 aromatic heterocycles. The first-order valence-electron chi connectivity index (χ1n) is 13.1. The predicted octanol–water partition coefficient (Wildman–Crippen LogP) is 5.66. The van der Waals surface area contributed by atoms with Crippen molar-refractivity contribution in [2.75, 3.05) is 4.90 Å². The number of carbonyl (C=O) groups is 1. The molecule has 6 nitrogen and oxygen atoms in total. The lowest BCUT2D eigenvalue weighted by atomic mass is 10.1. The molecule has 0 unspecified atom stereocenters. The Morgan fingerprint density at radius 1 is 0.975 bits per heavy atom. The Labute approximate surface area is 231 Å². The fraction of sp³-hybridized carbons (Fsp3) is 0.226. The quantitative estimate of drug-likeness (QED) is 0.302. The van der Waals surface area contributed by atoms with Gasteiger partial charge in [-0.05, 0) is 102 Å². The van der Waals surface area contributed by atoms with E-state index in [1.165, 1.54) is 24.3 Å². The molecule has 3 aromatic carbocycles. The minimum atomic E-state index is -3.88. The Kier molecular flexibility index (Phi) is 6.93. The lowest BCUT2D eigenvalue weighted by Crippen LogP contribution is -2.32. The molecule has 1 fully saturated rings. The standard InChI is InChI=1S/C31H27F2N3O3S/c32-23-7-3-21(4-8-23)27-17-29(27)31(37)36(19-20-2-1-15-34-18-20)25-11-5-22-6-14-30(28(22)16-25)35-40(38,39)26-12-9-24(33)10-13-26/h1-5,7-13,15-16,18,27,29-30,35H,6,14,17,19H2/t27-,29+,30-/m0/s1. The van der Waals surface area contributed by atoms with Crippen LogP contribution >= 0.6 is 0 Å². The number of anilines is 1. The van der Waals surface area contributed by atoms with Crippen molar-refractivity contribution in [2.24, 2.45) is 5.92 Å². The van der Waals surface area contributed by atoms with E-state index in [-0.39, 0.29) is 28.5 Å². The van der Waals surface area contributed by atoms with Crippen molar-refractivity contribution in [2.45, 2.75) is 42.7 Å². The van der Waals surface area contributed by atoms with Crippen LogP contribution < -0.4 is 9.62 Å². The van der Waals surface area contributed by atoms with E-state index < -0.39 is 21.9 Å². The van der Waals surface area contributed by atoms with Gasteiger partial charge in [-0.1, -0.05) is 24.3 Å². The van der Waals surface area contributed by atoms with Crippen LogP contribution in [-0.2, 0) is 27.8 Å². The SMILES string of the molecule is O=C([C@@H]1C[C@H]1c1ccc(F)cc1)N(Cc1cccnc1)c1ccc2c(c1)[C@@H](NS(=O)(=O)c1ccc(F)cc1)CC2. The van der Waals surface area contributed by atoms with Gasteiger partial charge in [0, 0.05) is 30.0 Å². The highest BCUT2D eigenvalue weighted by Crippen LogP contribution is 2.49. The number of nitrogens with one attached hydrogen (secondary N) is 1. The van der Waals surface area contributed by atoms with E-state index in [0.29, 0.717) is 31.5 Å². The van der Waals surface area contributed by atoms with E-state index in [9.17, 15) is 22.0 Å². The summed E-state index contributed by atoms with van der Waals surface area (Å²) in [5, 5.41) is 0. The highest BCUT2D eigenvalue weighted by Gasteiger charge is 2.46. The fourth-order valence-corrected chi connectivity index (χ4v) is 6.72. The maximum absolute atomic E-state index is 13.9. The van der Waals surface area contributed by atoms with Gasteiger partial charge in [-0.2, -0.15) is 0 Å². The maximum Gasteiger partial charge on any atom is 0.241 e. The molecule has 4 aromatic rings. The second-order valence-corrected chi connectivity index (χ2v) is 12.0. The average molecular weight is 560 g/mol. The molecule has 1 N–H and O–H groups in total. The number of halogens is 2. The molecule has 2 aliphatic carbocycles. The molecule has 1 saturated carbocycles. The minimum absolute atomic E-state index is 0.00699. The summed E-state index contributed by atoms with van der Waals surface area (Å²) in [5.41, 5.74) is 4.30. The summed E-state index contributed by atoms with van der Waals surface area (Å²) in [6.07, 6.45) is 5.34. The summed E-state index contributed by atoms with van der Waals surface area (Å²) >= 11 is 0. The number of benzene rings is 3. The number of aryl methyl sites for hydroxylation is 1. The van der Waals surface area contributed by atoms with Crippen LogP contribution in [0.5, 0.6) is 0 Å². The lowest BCUT2D eigenvalue weighted by molar-refractivity contribution is -0.120. The summed E-state index contributed by atoms with van der Waals surface area (Å²) in [4.78, 5) is 19.8. The zero-order valence-electron chi connectivity index (χ0n) is 21.5. The van der Waals surface area contributed by atoms with E-state index in [2.05, 4.69) is 9.71 Å². The number of sulfonamides is 1. The molecule has 6 rings (SSSR count). The van der Waals surface area contributed by atoms with Gasteiger partial charge in [0.15, 0.2) is 0 Å². The van der Waals surface area contributed by atoms with Crippen LogP contribution in [0, 0.1) is 17.6 Å². The Morgan fingerprint density at radius 2 is 1.70 bits per heavy atom. The molecular formula is C31H27F2N3O3S. The van der Waals surface area contributed by atoms with Gasteiger partial charge in [0.2, 0.25) is 15.9 Å². The third kappa shape index (κ3) is 5.39. The highest BCUT2D eigenvalue weighted by molar-refractivity contribution is 7.89. The zero-order valence-corrected chi connectivity index (χ0v) is 22.3. The number of aromatic nitrogens is 1. The third-order valence-corrected chi connectivity index (χ3v) is 9.16. The van der Waals surface area contributed by atoms with Crippen LogP contribution in [0.3, 0.4) is 0 Å². The largest absolute Gasteiger partial charge is 0.308 e. The number of hydrogen-bond acceptors (Lipinski definition) is 4. The number of hydrogen-bond donors (Lipinski definition) is 1. The van der Waals surface area contributed by atoms with E-state index >= 15 is 0 Å². The molecule has 40 heavy (non-hydrogen) atoms. The Bertz CT molecular complexity index is 1650. The van der Waals surface area contributed by atoms with Gasteiger partial charge in [-0.25, -0.2) is 21.9 Å². The van der Waals surface area contributed by atoms with Crippen LogP contribution in [0.2, 0.25) is 0 Å². The molecule has 204 valence electrons. The molecule has 9 heteroatoms. The summed E-state index contributed by atoms with van der Waals surface area (Å²) in [5.74, 6) is -1.07. The molecule has 3 atom stereocenters. The van der Waals surface area contributed by atoms with Crippen molar-refractivity contribution >= 4 is 21.6 Å². The molecule has 0 radical (unpaired) electrons. The van der Waals surface area contributed by atoms with Gasteiger partial charge in [0.05, 0.1) is 11.4 Å². The number of pyridine rings is 1. The fourth-order valence-electron chi connectivity index (χ4n) is 5.47. The second-order valence-electron chi connectivity index (χ2n) is 10.3. The number of nitrogens with zero attached hydrogens (tertiary/aromatic N) is 2. The van der Waals surface area contributed by atoms with Gasteiger partial charge < -0.3 is 4.90 Å². The third-order valence-electron chi connectivity index (χ3n) is 7.68. The van der Waals surface area contributed by atoms with E-state index in [4.69, 9.17) is 0 Å². The summed E-state index contributed by atoms with van der Waals surface area (Å²) in [6, 6.07) is 20.0. The van der Waals surface area contributed by atoms with Crippen molar-refractivity contribution in [3.8, 4) is 0 Å². The van der Waals surface area contributed by atoms with Gasteiger partial charge in [0.1, 0.15) is 11.6 Å². The van der Waals surface area contributed by atoms with Crippen LogP contribution in [-0.4, -0.2) is 19.3 Å². The molecule has 0 saturated heterocycles. The molecule has 0 bridgehead atoms. The Balaban J connectivity index is 1.28. The van der Waals surface area contributed by atoms with Gasteiger partial charge >= 0.3 is 0 Å². The molecule has 0 aliphatic heterocycles. The molecule has 0 spiro atoms. The van der Waals surface area contributed by atoms with Crippen molar-refractivity contribution in [3.63, 3.8) is 0 Å². The van der Waals surface area contributed by atoms with Crippen LogP contribution in [0.4, 0.5) is 14.5 Å². The summed E-state index contributed by atoms with van der Waals surface area (Å²) in [6.45, 7) is 0.310. The van der Waals surface area contributed by atoms with Gasteiger partial charge in [-0.15, -0.1) is 0 Å². The minimum Gasteiger partial charge on any atom is -0.308 e. The number of carbonyl (C=O) groups excluding carboxylic acids is 1. The van der Waals surface area contributed by atoms with Crippen molar-refractivity contribution < 1.29 is 22.0 Å². The molecule has 1 heterocycles. The van der Waals surface area contributed by atoms with Crippen LogP contribution in [0.25, 0.3) is 0 Å². The lowest BCUT2D eigenvalue weighted by Gasteiger charge is -2.25. The first-order valence-corrected chi connectivity index (χ1v) is 14.6. The number of rotatable bonds is 8. The highest BCUT2D eigenvalue weighted by atomic mass is 32.2. The monoisotopic (exact) mass is 559 g/mol. The van der Waals surface area contributed by atoms with E-state index in [0.717, 1.165) is 34.4 Å². The summed E-state index contributed by atoms with van der Waals surface area (Å²) in [7, 11) is -3.88. The normalized spacial score (nSPS) is 19.7. The van der Waals surface area contributed by atoms with Crippen molar-refractivity contribution in [1.82, 2.24) is 9.71 Å². The summed E-state index contributed by atoms with van der Waals surface area (Å²) < 4.78 is 55.6. The van der Waals surface area contributed by atoms with Crippen molar-refractivity contribution in [3.05, 3.63) is 125 Å². The van der Waals surface area contributed by atoms with Gasteiger partial charge in [-0.3, -0.25) is 9.78 Å². The molecule has 1 amide bonds. The maximum atomic E-state index is 13.9. The topological polar surface area (TPSA) is 79.4 Å². The van der Waals surface area contributed by atoms with Crippen LogP contribution in [0.1, 0.15) is 47.1 Å². The second kappa shape index (κ2) is 10.6. The van der Waals surface area contributed by atoms with E-state index in [1.54, 1.807) is 29.4 Å². The molecule has 2 aliphatic rings. The van der Waals surface area contributed by atoms with Crippen molar-refractivity contribution in [1.29, 1.82) is 0 Å². The predicted molar refractivity (Wildman–Crippen MR) is 147 cm³/mol. The zero-order chi connectivity index (χ0) is 27.9. The number of fused-ring (bicyclic) bond motifs is 1. The van der Waals surface area contributed by atoms with Gasteiger partial charge in [0.25, 0.3) is 0 Å². The molecular weight excluding hydrogens is 532 g/mol. The Morgan fingerprint density at radius 3 is 2.40 bits per heavy atom. The van der Waals surface area contributed by atoms with E-state index in [1.807, 2.05) is 30.3 Å². The Hall–Kier alpha value is -3.95. The average Bonchev–Trinajstić information content (AvgIpc) is 3.67. The first-order chi connectivity index (χ1) is 19.3.